The van der Waals surface area contributed by atoms with E-state index in [-0.39, 0.29) is 15.8 Å². The van der Waals surface area contributed by atoms with Crippen LogP contribution in [0.3, 0.4) is 0 Å². The van der Waals surface area contributed by atoms with Gasteiger partial charge in [0.05, 0.1) is 28.7 Å². The highest BCUT2D eigenvalue weighted by molar-refractivity contribution is 7.92. The van der Waals surface area contributed by atoms with Gasteiger partial charge in [0.2, 0.25) is 10.0 Å². The van der Waals surface area contributed by atoms with Gasteiger partial charge in [0, 0.05) is 24.8 Å². The Morgan fingerprint density at radius 2 is 1.48 bits per heavy atom. The lowest BCUT2D eigenvalue weighted by Gasteiger charge is -2.29. The van der Waals surface area contributed by atoms with Gasteiger partial charge in [-0.3, -0.25) is 4.72 Å². The fourth-order valence-corrected chi connectivity index (χ4v) is 5.44. The van der Waals surface area contributed by atoms with Crippen molar-refractivity contribution in [1.82, 2.24) is 4.72 Å². The average molecular weight is 438 g/mol. The minimum Gasteiger partial charge on any atom is -0.378 e. The van der Waals surface area contributed by atoms with E-state index in [9.17, 15) is 16.8 Å². The predicted molar refractivity (Wildman–Crippen MR) is 110 cm³/mol. The summed E-state index contributed by atoms with van der Waals surface area (Å²) in [5, 5.41) is 0. The van der Waals surface area contributed by atoms with Crippen molar-refractivity contribution in [3.05, 3.63) is 48.5 Å². The molecule has 1 saturated heterocycles. The highest BCUT2D eigenvalue weighted by atomic mass is 32.2. The van der Waals surface area contributed by atoms with E-state index >= 15 is 0 Å². The molecule has 2 N–H and O–H groups in total. The van der Waals surface area contributed by atoms with Gasteiger partial charge in [0.1, 0.15) is 0 Å². The Labute approximate surface area is 171 Å². The Bertz CT molecular complexity index is 1080. The largest absolute Gasteiger partial charge is 0.378 e. The van der Waals surface area contributed by atoms with Crippen LogP contribution in [0.5, 0.6) is 0 Å². The van der Waals surface area contributed by atoms with Crippen LogP contribution in [-0.4, -0.2) is 49.2 Å². The van der Waals surface area contributed by atoms with Gasteiger partial charge >= 0.3 is 0 Å². The van der Waals surface area contributed by atoms with E-state index in [1.54, 1.807) is 18.2 Å². The lowest BCUT2D eigenvalue weighted by molar-refractivity contribution is 0.122. The van der Waals surface area contributed by atoms with Crippen LogP contribution in [0.25, 0.3) is 0 Å². The second-order valence-electron chi connectivity index (χ2n) is 7.12. The van der Waals surface area contributed by atoms with Crippen LogP contribution < -0.4 is 14.3 Å². The Kier molecular flexibility index (Phi) is 5.52. The molecule has 0 amide bonds. The highest BCUT2D eigenvalue weighted by Crippen LogP contribution is 2.25. The van der Waals surface area contributed by atoms with Crippen LogP contribution in [0.2, 0.25) is 0 Å². The lowest BCUT2D eigenvalue weighted by atomic mass is 10.2. The number of benzene rings is 2. The summed E-state index contributed by atoms with van der Waals surface area (Å²) in [6, 6.07) is 12.4. The molecule has 1 aliphatic carbocycles. The zero-order valence-electron chi connectivity index (χ0n) is 15.7. The maximum atomic E-state index is 12.7. The Morgan fingerprint density at radius 1 is 0.862 bits per heavy atom. The number of hydrogen-bond acceptors (Lipinski definition) is 6. The SMILES string of the molecule is O=S(=O)(Nc1cccc(N2CCOCC2)c1)c1ccc(S(=O)(=O)NC2CC2)cc1. The number of morpholine rings is 1. The van der Waals surface area contributed by atoms with Gasteiger partial charge in [0.15, 0.2) is 0 Å². The molecule has 0 spiro atoms. The molecular formula is C19H23N3O5S2. The van der Waals surface area contributed by atoms with E-state index in [4.69, 9.17) is 4.74 Å². The quantitative estimate of drug-likeness (QED) is 0.684. The number of rotatable bonds is 7. The molecule has 0 bridgehead atoms. The van der Waals surface area contributed by atoms with E-state index < -0.39 is 20.0 Å². The topological polar surface area (TPSA) is 105 Å². The van der Waals surface area contributed by atoms with Gasteiger partial charge in [-0.05, 0) is 55.3 Å². The number of hydrogen-bond donors (Lipinski definition) is 2. The number of ether oxygens (including phenoxy) is 1. The molecule has 1 aliphatic heterocycles. The zero-order valence-corrected chi connectivity index (χ0v) is 17.4. The maximum absolute atomic E-state index is 12.7. The normalized spacial score (nSPS) is 17.9. The summed E-state index contributed by atoms with van der Waals surface area (Å²) in [5.74, 6) is 0. The molecule has 0 aromatic heterocycles. The predicted octanol–water partition coefficient (Wildman–Crippen LogP) is 1.76. The first kappa shape index (κ1) is 20.1. The van der Waals surface area contributed by atoms with Gasteiger partial charge < -0.3 is 9.64 Å². The molecule has 2 aromatic carbocycles. The summed E-state index contributed by atoms with van der Waals surface area (Å²) in [7, 11) is -7.46. The summed E-state index contributed by atoms with van der Waals surface area (Å²) < 4.78 is 60.4. The Balaban J connectivity index is 1.50. The molecule has 29 heavy (non-hydrogen) atoms. The smallest absolute Gasteiger partial charge is 0.261 e. The zero-order chi connectivity index (χ0) is 20.5. The molecule has 2 aromatic rings. The van der Waals surface area contributed by atoms with Crippen molar-refractivity contribution in [1.29, 1.82) is 0 Å². The summed E-state index contributed by atoms with van der Waals surface area (Å²) >= 11 is 0. The van der Waals surface area contributed by atoms with Gasteiger partial charge in [0.25, 0.3) is 10.0 Å². The first-order chi connectivity index (χ1) is 13.8. The van der Waals surface area contributed by atoms with E-state index in [0.29, 0.717) is 18.9 Å². The number of nitrogens with one attached hydrogen (secondary N) is 2. The van der Waals surface area contributed by atoms with Crippen molar-refractivity contribution >= 4 is 31.4 Å². The van der Waals surface area contributed by atoms with Crippen molar-refractivity contribution in [2.24, 2.45) is 0 Å². The van der Waals surface area contributed by atoms with Gasteiger partial charge in [-0.1, -0.05) is 6.07 Å². The molecule has 156 valence electrons. The van der Waals surface area contributed by atoms with Crippen LogP contribution in [0.1, 0.15) is 12.8 Å². The van der Waals surface area contributed by atoms with Crippen molar-refractivity contribution < 1.29 is 21.6 Å². The number of anilines is 2. The standard InChI is InChI=1S/C19H23N3O5S2/c23-28(24,20-15-4-5-15)18-6-8-19(9-7-18)29(25,26)21-16-2-1-3-17(14-16)22-10-12-27-13-11-22/h1-3,6-9,14-15,20-21H,4-5,10-13H2. The first-order valence-electron chi connectivity index (χ1n) is 9.41. The minimum atomic E-state index is -3.84. The summed E-state index contributed by atoms with van der Waals surface area (Å²) in [6.07, 6.45) is 1.66. The Hall–Kier alpha value is -2.14. The summed E-state index contributed by atoms with van der Waals surface area (Å²) in [5.41, 5.74) is 1.36. The van der Waals surface area contributed by atoms with Crippen LogP contribution in [0.4, 0.5) is 11.4 Å². The van der Waals surface area contributed by atoms with Crippen molar-refractivity contribution in [3.63, 3.8) is 0 Å². The molecule has 0 atom stereocenters. The molecule has 0 radical (unpaired) electrons. The van der Waals surface area contributed by atoms with Crippen LogP contribution in [0, 0.1) is 0 Å². The molecule has 2 fully saturated rings. The summed E-state index contributed by atoms with van der Waals surface area (Å²) in [6.45, 7) is 2.78. The van der Waals surface area contributed by atoms with Crippen LogP contribution >= 0.6 is 0 Å². The Morgan fingerprint density at radius 3 is 2.10 bits per heavy atom. The maximum Gasteiger partial charge on any atom is 0.261 e. The fraction of sp³-hybridized carbons (Fsp3) is 0.368. The number of sulfonamides is 2. The molecule has 8 nitrogen and oxygen atoms in total. The number of nitrogens with zero attached hydrogens (tertiary/aromatic N) is 1. The molecular weight excluding hydrogens is 414 g/mol. The minimum absolute atomic E-state index is 0.000326. The van der Waals surface area contributed by atoms with Gasteiger partial charge in [-0.25, -0.2) is 21.6 Å². The second-order valence-corrected chi connectivity index (χ2v) is 10.5. The van der Waals surface area contributed by atoms with Crippen molar-refractivity contribution in [2.75, 3.05) is 35.9 Å². The second kappa shape index (κ2) is 7.94. The van der Waals surface area contributed by atoms with Crippen molar-refractivity contribution in [3.8, 4) is 0 Å². The van der Waals surface area contributed by atoms with Crippen LogP contribution in [-0.2, 0) is 24.8 Å². The third-order valence-electron chi connectivity index (χ3n) is 4.82. The molecule has 1 heterocycles. The summed E-state index contributed by atoms with van der Waals surface area (Å²) in [4.78, 5) is 2.19. The fourth-order valence-electron chi connectivity index (χ4n) is 3.09. The average Bonchev–Trinajstić information content (AvgIpc) is 3.52. The third kappa shape index (κ3) is 4.89. The molecule has 2 aliphatic rings. The molecule has 0 unspecified atom stereocenters. The van der Waals surface area contributed by atoms with Crippen molar-refractivity contribution in [2.45, 2.75) is 28.7 Å². The molecule has 4 rings (SSSR count). The van der Waals surface area contributed by atoms with Gasteiger partial charge in [-0.15, -0.1) is 0 Å². The molecule has 1 saturated carbocycles. The highest BCUT2D eigenvalue weighted by Gasteiger charge is 2.28. The van der Waals surface area contributed by atoms with E-state index in [0.717, 1.165) is 31.6 Å². The molecule has 10 heteroatoms. The third-order valence-corrected chi connectivity index (χ3v) is 7.75. The van der Waals surface area contributed by atoms with Crippen LogP contribution in [0.15, 0.2) is 58.3 Å². The monoisotopic (exact) mass is 437 g/mol. The van der Waals surface area contributed by atoms with E-state index in [2.05, 4.69) is 14.3 Å². The van der Waals surface area contributed by atoms with Gasteiger partial charge in [-0.2, -0.15) is 0 Å². The van der Waals surface area contributed by atoms with E-state index in [1.165, 1.54) is 24.3 Å². The van der Waals surface area contributed by atoms with E-state index in [1.807, 2.05) is 6.07 Å². The first-order valence-corrected chi connectivity index (χ1v) is 12.4. The lowest BCUT2D eigenvalue weighted by Crippen LogP contribution is -2.36.